The SMILES string of the molecule is Cc1nsc(N2CCCN(C(=O)C3CC34CCNCC4)CC2)n1.Cl.Cl. The molecule has 0 bridgehead atoms. The highest BCUT2D eigenvalue weighted by atomic mass is 35.5. The Hall–Kier alpha value is -0.630. The predicted octanol–water partition coefficient (Wildman–Crippen LogP) is 2.12. The fourth-order valence-electron chi connectivity index (χ4n) is 4.14. The Kier molecular flexibility index (Phi) is 6.93. The van der Waals surface area contributed by atoms with Crippen LogP contribution in [-0.4, -0.2) is 59.4 Å². The number of halogens is 2. The van der Waals surface area contributed by atoms with E-state index in [1.807, 2.05) is 6.92 Å². The molecule has 25 heavy (non-hydrogen) atoms. The van der Waals surface area contributed by atoms with Crippen molar-refractivity contribution in [3.8, 4) is 0 Å². The third-order valence-corrected chi connectivity index (χ3v) is 6.55. The summed E-state index contributed by atoms with van der Waals surface area (Å²) in [6.07, 6.45) is 4.48. The zero-order chi connectivity index (χ0) is 15.9. The van der Waals surface area contributed by atoms with Crippen LogP contribution in [0.3, 0.4) is 0 Å². The first-order chi connectivity index (χ1) is 11.2. The summed E-state index contributed by atoms with van der Waals surface area (Å²) in [6.45, 7) is 7.64. The molecule has 1 aromatic heterocycles. The average molecular weight is 408 g/mol. The van der Waals surface area contributed by atoms with Crippen LogP contribution in [0, 0.1) is 18.3 Å². The minimum atomic E-state index is 0. The van der Waals surface area contributed by atoms with Gasteiger partial charge in [0.05, 0.1) is 0 Å². The molecule has 1 atom stereocenters. The Balaban J connectivity index is 0.00000113. The average Bonchev–Trinajstić information content (AvgIpc) is 3.17. The maximum Gasteiger partial charge on any atom is 0.226 e. The van der Waals surface area contributed by atoms with E-state index >= 15 is 0 Å². The first kappa shape index (κ1) is 20.7. The van der Waals surface area contributed by atoms with Crippen LogP contribution in [0.5, 0.6) is 0 Å². The lowest BCUT2D eigenvalue weighted by Crippen LogP contribution is -2.38. The Bertz CT molecular complexity index is 593. The number of piperidine rings is 1. The number of nitrogens with one attached hydrogen (secondary N) is 1. The van der Waals surface area contributed by atoms with E-state index in [9.17, 15) is 4.79 Å². The summed E-state index contributed by atoms with van der Waals surface area (Å²) in [6, 6.07) is 0. The third kappa shape index (κ3) is 4.21. The Labute approximate surface area is 165 Å². The van der Waals surface area contributed by atoms with Crippen LogP contribution in [0.4, 0.5) is 5.13 Å². The molecule has 1 amide bonds. The van der Waals surface area contributed by atoms with Crippen molar-refractivity contribution in [3.63, 3.8) is 0 Å². The van der Waals surface area contributed by atoms with Crippen molar-refractivity contribution < 1.29 is 4.79 Å². The van der Waals surface area contributed by atoms with Gasteiger partial charge in [0, 0.05) is 43.6 Å². The monoisotopic (exact) mass is 407 g/mol. The fourth-order valence-corrected chi connectivity index (χ4v) is 4.86. The number of amides is 1. The van der Waals surface area contributed by atoms with Crippen LogP contribution in [0.25, 0.3) is 0 Å². The molecule has 1 aromatic rings. The number of anilines is 1. The highest BCUT2D eigenvalue weighted by Crippen LogP contribution is 2.59. The normalized spacial score (nSPS) is 24.9. The zero-order valence-electron chi connectivity index (χ0n) is 14.6. The summed E-state index contributed by atoms with van der Waals surface area (Å²) < 4.78 is 4.27. The highest BCUT2D eigenvalue weighted by molar-refractivity contribution is 7.09. The number of hydrogen-bond donors (Lipinski definition) is 1. The number of carbonyl (C=O) groups is 1. The summed E-state index contributed by atoms with van der Waals surface area (Å²) in [7, 11) is 0. The van der Waals surface area contributed by atoms with Gasteiger partial charge in [-0.2, -0.15) is 4.37 Å². The molecule has 2 saturated heterocycles. The van der Waals surface area contributed by atoms with Gasteiger partial charge in [0.25, 0.3) is 0 Å². The fraction of sp³-hybridized carbons (Fsp3) is 0.812. The lowest BCUT2D eigenvalue weighted by atomic mass is 9.91. The standard InChI is InChI=1S/C16H25N5OS.2ClH/c1-12-18-15(23-19-12)21-8-2-7-20(9-10-21)14(22)13-11-16(13)3-5-17-6-4-16;;/h13,17H,2-11H2,1H3;2*1H. The molecule has 6 nitrogen and oxygen atoms in total. The summed E-state index contributed by atoms with van der Waals surface area (Å²) in [4.78, 5) is 21.8. The highest BCUT2D eigenvalue weighted by Gasteiger charge is 2.58. The van der Waals surface area contributed by atoms with Crippen molar-refractivity contribution in [2.75, 3.05) is 44.2 Å². The second-order valence-corrected chi connectivity index (χ2v) is 7.89. The maximum atomic E-state index is 12.9. The van der Waals surface area contributed by atoms with E-state index in [4.69, 9.17) is 0 Å². The molecule has 3 fully saturated rings. The van der Waals surface area contributed by atoms with Crippen molar-refractivity contribution in [1.29, 1.82) is 0 Å². The molecule has 9 heteroatoms. The van der Waals surface area contributed by atoms with Gasteiger partial charge in [-0.25, -0.2) is 4.98 Å². The second-order valence-electron chi connectivity index (χ2n) is 7.16. The van der Waals surface area contributed by atoms with Crippen molar-refractivity contribution >= 4 is 47.4 Å². The zero-order valence-corrected chi connectivity index (χ0v) is 17.0. The first-order valence-corrected chi connectivity index (χ1v) is 9.50. The van der Waals surface area contributed by atoms with E-state index in [1.54, 1.807) is 0 Å². The summed E-state index contributed by atoms with van der Waals surface area (Å²) in [5.74, 6) is 1.54. The largest absolute Gasteiger partial charge is 0.345 e. The molecule has 142 valence electrons. The number of aromatic nitrogens is 2. The van der Waals surface area contributed by atoms with E-state index in [2.05, 4.69) is 24.5 Å². The lowest BCUT2D eigenvalue weighted by molar-refractivity contribution is -0.133. The Morgan fingerprint density at radius 3 is 2.64 bits per heavy atom. The van der Waals surface area contributed by atoms with Gasteiger partial charge in [0.2, 0.25) is 11.0 Å². The van der Waals surface area contributed by atoms with Crippen molar-refractivity contribution in [2.45, 2.75) is 32.6 Å². The van der Waals surface area contributed by atoms with Crippen molar-refractivity contribution in [1.82, 2.24) is 19.6 Å². The quantitative estimate of drug-likeness (QED) is 0.813. The number of rotatable bonds is 2. The van der Waals surface area contributed by atoms with E-state index in [0.717, 1.165) is 63.1 Å². The Morgan fingerprint density at radius 2 is 1.96 bits per heavy atom. The van der Waals surface area contributed by atoms with Crippen LogP contribution >= 0.6 is 36.3 Å². The third-order valence-electron chi connectivity index (χ3n) is 5.68. The van der Waals surface area contributed by atoms with Gasteiger partial charge >= 0.3 is 0 Å². The van der Waals surface area contributed by atoms with Crippen LogP contribution < -0.4 is 10.2 Å². The van der Waals surface area contributed by atoms with Gasteiger partial charge in [-0.15, -0.1) is 24.8 Å². The van der Waals surface area contributed by atoms with Gasteiger partial charge < -0.3 is 15.1 Å². The molecule has 0 radical (unpaired) electrons. The minimum absolute atomic E-state index is 0. The molecule has 1 spiro atoms. The molecule has 0 aromatic carbocycles. The maximum absolute atomic E-state index is 12.9. The Morgan fingerprint density at radius 1 is 1.20 bits per heavy atom. The molecular weight excluding hydrogens is 381 g/mol. The summed E-state index contributed by atoms with van der Waals surface area (Å²) in [5.41, 5.74) is 0.338. The number of carbonyl (C=O) groups excluding carboxylic acids is 1. The topological polar surface area (TPSA) is 61.4 Å². The molecular formula is C16H27Cl2N5OS. The van der Waals surface area contributed by atoms with Crippen LogP contribution in [0.1, 0.15) is 31.5 Å². The molecule has 1 saturated carbocycles. The predicted molar refractivity (Wildman–Crippen MR) is 105 cm³/mol. The smallest absolute Gasteiger partial charge is 0.226 e. The first-order valence-electron chi connectivity index (χ1n) is 8.73. The van der Waals surface area contributed by atoms with E-state index in [0.29, 0.717) is 17.2 Å². The number of nitrogens with zero attached hydrogens (tertiary/aromatic N) is 4. The van der Waals surface area contributed by atoms with E-state index in [-0.39, 0.29) is 24.8 Å². The van der Waals surface area contributed by atoms with Crippen molar-refractivity contribution in [3.05, 3.63) is 5.82 Å². The number of aryl methyl sites for hydroxylation is 1. The minimum Gasteiger partial charge on any atom is -0.345 e. The van der Waals surface area contributed by atoms with Gasteiger partial charge in [0.15, 0.2) is 0 Å². The molecule has 3 heterocycles. The second kappa shape index (κ2) is 8.37. The molecule has 4 rings (SSSR count). The van der Waals surface area contributed by atoms with Crippen molar-refractivity contribution in [2.24, 2.45) is 11.3 Å². The molecule has 1 unspecified atom stereocenters. The van der Waals surface area contributed by atoms with Crippen LogP contribution in [-0.2, 0) is 4.79 Å². The number of hydrogen-bond acceptors (Lipinski definition) is 6. The molecule has 1 aliphatic carbocycles. The van der Waals surface area contributed by atoms with Crippen LogP contribution in [0.15, 0.2) is 0 Å². The summed E-state index contributed by atoms with van der Waals surface area (Å²) >= 11 is 1.47. The van der Waals surface area contributed by atoms with E-state index < -0.39 is 0 Å². The van der Waals surface area contributed by atoms with Gasteiger partial charge in [-0.3, -0.25) is 4.79 Å². The summed E-state index contributed by atoms with van der Waals surface area (Å²) in [5, 5.41) is 4.41. The van der Waals surface area contributed by atoms with Crippen LogP contribution in [0.2, 0.25) is 0 Å². The molecule has 1 N–H and O–H groups in total. The van der Waals surface area contributed by atoms with Gasteiger partial charge in [0.1, 0.15) is 5.82 Å². The van der Waals surface area contributed by atoms with Gasteiger partial charge in [-0.1, -0.05) is 0 Å². The molecule has 2 aliphatic heterocycles. The van der Waals surface area contributed by atoms with E-state index in [1.165, 1.54) is 24.4 Å². The van der Waals surface area contributed by atoms with Gasteiger partial charge in [-0.05, 0) is 51.1 Å². The lowest BCUT2D eigenvalue weighted by Gasteiger charge is -2.26. The molecule has 3 aliphatic rings.